The van der Waals surface area contributed by atoms with Gasteiger partial charge >= 0.3 is 0 Å². The number of benzene rings is 3. The molecule has 3 aromatic carbocycles. The lowest BCUT2D eigenvalue weighted by molar-refractivity contribution is -0.141. The third-order valence-electron chi connectivity index (χ3n) is 5.97. The number of rotatable bonds is 12. The minimum Gasteiger partial charge on any atom is -0.497 e. The van der Waals surface area contributed by atoms with Crippen molar-refractivity contribution in [3.05, 3.63) is 89.5 Å². The number of nitrogens with one attached hydrogen (secondary N) is 1. The molecule has 0 saturated heterocycles. The lowest BCUT2D eigenvalue weighted by atomic mass is 10.0. The Morgan fingerprint density at radius 3 is 2.11 bits per heavy atom. The highest BCUT2D eigenvalue weighted by atomic mass is 16.5. The van der Waals surface area contributed by atoms with E-state index in [1.165, 1.54) is 0 Å². The van der Waals surface area contributed by atoms with E-state index in [1.54, 1.807) is 33.2 Å². The van der Waals surface area contributed by atoms with E-state index in [2.05, 4.69) is 5.32 Å². The van der Waals surface area contributed by atoms with Gasteiger partial charge in [0, 0.05) is 19.5 Å². The van der Waals surface area contributed by atoms with Crippen LogP contribution in [0.25, 0.3) is 0 Å². The molecule has 3 aromatic rings. The van der Waals surface area contributed by atoms with Crippen molar-refractivity contribution in [3.8, 4) is 17.2 Å². The zero-order valence-corrected chi connectivity index (χ0v) is 21.3. The SMILES string of the molecule is CCC(=O)N(Cc1ccc(OC)cc1)[C@H](C(=O)NCCc1ccc(OC)c(OC)c1)c1ccccc1. The van der Waals surface area contributed by atoms with Gasteiger partial charge in [-0.15, -0.1) is 0 Å². The molecular weight excluding hydrogens is 456 g/mol. The molecule has 36 heavy (non-hydrogen) atoms. The Morgan fingerprint density at radius 1 is 0.833 bits per heavy atom. The van der Waals surface area contributed by atoms with Crippen LogP contribution in [0.4, 0.5) is 0 Å². The molecule has 1 N–H and O–H groups in total. The van der Waals surface area contributed by atoms with Gasteiger partial charge in [-0.3, -0.25) is 9.59 Å². The number of methoxy groups -OCH3 is 3. The maximum Gasteiger partial charge on any atom is 0.247 e. The van der Waals surface area contributed by atoms with E-state index in [0.717, 1.165) is 22.4 Å². The van der Waals surface area contributed by atoms with Gasteiger partial charge in [-0.1, -0.05) is 55.5 Å². The average Bonchev–Trinajstić information content (AvgIpc) is 2.93. The highest BCUT2D eigenvalue weighted by molar-refractivity contribution is 5.88. The van der Waals surface area contributed by atoms with Crippen LogP contribution in [0.1, 0.15) is 36.1 Å². The van der Waals surface area contributed by atoms with Crippen molar-refractivity contribution in [2.45, 2.75) is 32.4 Å². The van der Waals surface area contributed by atoms with Gasteiger partial charge in [0.25, 0.3) is 0 Å². The number of ether oxygens (including phenoxy) is 3. The summed E-state index contributed by atoms with van der Waals surface area (Å²) >= 11 is 0. The average molecular weight is 491 g/mol. The van der Waals surface area contributed by atoms with Gasteiger partial charge in [0.05, 0.1) is 21.3 Å². The molecule has 0 aliphatic carbocycles. The third-order valence-corrected chi connectivity index (χ3v) is 5.97. The first-order valence-corrected chi connectivity index (χ1v) is 12.0. The van der Waals surface area contributed by atoms with Gasteiger partial charge in [-0.25, -0.2) is 0 Å². The summed E-state index contributed by atoms with van der Waals surface area (Å²) in [5.41, 5.74) is 2.68. The van der Waals surface area contributed by atoms with Crippen LogP contribution in [-0.2, 0) is 22.6 Å². The van der Waals surface area contributed by atoms with Gasteiger partial charge in [0.1, 0.15) is 11.8 Å². The predicted octanol–water partition coefficient (Wildman–Crippen LogP) is 4.55. The molecule has 0 fully saturated rings. The number of amides is 2. The van der Waals surface area contributed by atoms with E-state index < -0.39 is 6.04 Å². The van der Waals surface area contributed by atoms with Gasteiger partial charge in [0.15, 0.2) is 11.5 Å². The van der Waals surface area contributed by atoms with E-state index in [-0.39, 0.29) is 11.8 Å². The van der Waals surface area contributed by atoms with Crippen molar-refractivity contribution < 1.29 is 23.8 Å². The molecule has 7 nitrogen and oxygen atoms in total. The second-order valence-electron chi connectivity index (χ2n) is 8.27. The Bertz CT molecular complexity index is 1130. The molecule has 0 radical (unpaired) electrons. The van der Waals surface area contributed by atoms with E-state index in [9.17, 15) is 9.59 Å². The van der Waals surface area contributed by atoms with Crippen LogP contribution < -0.4 is 19.5 Å². The molecule has 0 bridgehead atoms. The summed E-state index contributed by atoms with van der Waals surface area (Å²) in [5.74, 6) is 1.70. The Hall–Kier alpha value is -4.00. The highest BCUT2D eigenvalue weighted by Crippen LogP contribution is 2.28. The zero-order chi connectivity index (χ0) is 25.9. The minimum absolute atomic E-state index is 0.102. The summed E-state index contributed by atoms with van der Waals surface area (Å²) in [5, 5.41) is 3.03. The summed E-state index contributed by atoms with van der Waals surface area (Å²) in [6.07, 6.45) is 0.895. The molecule has 2 amide bonds. The lowest BCUT2D eigenvalue weighted by Crippen LogP contribution is -2.43. The monoisotopic (exact) mass is 490 g/mol. The summed E-state index contributed by atoms with van der Waals surface area (Å²) in [4.78, 5) is 28.3. The highest BCUT2D eigenvalue weighted by Gasteiger charge is 2.30. The standard InChI is InChI=1S/C29H34N2O5/c1-5-27(32)31(20-22-11-14-24(34-2)15-12-22)28(23-9-7-6-8-10-23)29(33)30-18-17-21-13-16-25(35-3)26(19-21)36-4/h6-16,19,28H,5,17-18,20H2,1-4H3,(H,30,33)/t28-/m0/s1. The van der Waals surface area contributed by atoms with Gasteiger partial charge in [-0.05, 0) is 47.4 Å². The second kappa shape index (κ2) is 13.2. The Kier molecular flexibility index (Phi) is 9.74. The number of carbonyl (C=O) groups excluding carboxylic acids is 2. The van der Waals surface area contributed by atoms with Crippen molar-refractivity contribution in [2.75, 3.05) is 27.9 Å². The van der Waals surface area contributed by atoms with Crippen LogP contribution in [0.2, 0.25) is 0 Å². The predicted molar refractivity (Wildman–Crippen MR) is 139 cm³/mol. The molecule has 0 aliphatic heterocycles. The Labute approximate surface area is 213 Å². The van der Waals surface area contributed by atoms with Crippen molar-refractivity contribution in [2.24, 2.45) is 0 Å². The lowest BCUT2D eigenvalue weighted by Gasteiger charge is -2.31. The number of nitrogens with zero attached hydrogens (tertiary/aromatic N) is 1. The molecule has 0 aromatic heterocycles. The molecule has 0 heterocycles. The Balaban J connectivity index is 1.80. The van der Waals surface area contributed by atoms with Crippen LogP contribution in [0, 0.1) is 0 Å². The summed E-state index contributed by atoms with van der Waals surface area (Å²) in [7, 11) is 4.80. The van der Waals surface area contributed by atoms with Gasteiger partial charge in [0.2, 0.25) is 11.8 Å². The number of carbonyl (C=O) groups is 2. The van der Waals surface area contributed by atoms with Gasteiger partial charge in [-0.2, -0.15) is 0 Å². The normalized spacial score (nSPS) is 11.3. The van der Waals surface area contributed by atoms with Crippen molar-refractivity contribution in [3.63, 3.8) is 0 Å². The number of hydrogen-bond acceptors (Lipinski definition) is 5. The third kappa shape index (κ3) is 6.78. The maximum atomic E-state index is 13.5. The van der Waals surface area contributed by atoms with E-state index in [0.29, 0.717) is 37.4 Å². The largest absolute Gasteiger partial charge is 0.497 e. The van der Waals surface area contributed by atoms with Crippen molar-refractivity contribution in [1.82, 2.24) is 10.2 Å². The molecule has 0 saturated carbocycles. The minimum atomic E-state index is -0.758. The summed E-state index contributed by atoms with van der Waals surface area (Å²) in [6, 6.07) is 21.9. The van der Waals surface area contributed by atoms with Crippen LogP contribution in [0.5, 0.6) is 17.2 Å². The fourth-order valence-electron chi connectivity index (χ4n) is 4.03. The zero-order valence-electron chi connectivity index (χ0n) is 21.3. The second-order valence-corrected chi connectivity index (χ2v) is 8.27. The quantitative estimate of drug-likeness (QED) is 0.403. The van der Waals surface area contributed by atoms with Crippen molar-refractivity contribution >= 4 is 11.8 Å². The summed E-state index contributed by atoms with van der Waals surface area (Å²) < 4.78 is 15.9. The molecule has 0 aliphatic rings. The number of hydrogen-bond donors (Lipinski definition) is 1. The van der Waals surface area contributed by atoms with Crippen LogP contribution in [0.15, 0.2) is 72.8 Å². The fourth-order valence-corrected chi connectivity index (χ4v) is 4.03. The molecule has 3 rings (SSSR count). The van der Waals surface area contributed by atoms with E-state index >= 15 is 0 Å². The molecule has 0 unspecified atom stereocenters. The molecular formula is C29H34N2O5. The van der Waals surface area contributed by atoms with Crippen LogP contribution in [0.3, 0.4) is 0 Å². The van der Waals surface area contributed by atoms with E-state index in [4.69, 9.17) is 14.2 Å². The fraction of sp³-hybridized carbons (Fsp3) is 0.310. The van der Waals surface area contributed by atoms with Crippen LogP contribution >= 0.6 is 0 Å². The molecule has 1 atom stereocenters. The first kappa shape index (κ1) is 26.6. The first-order valence-electron chi connectivity index (χ1n) is 12.0. The topological polar surface area (TPSA) is 77.1 Å². The molecule has 0 spiro atoms. The van der Waals surface area contributed by atoms with Gasteiger partial charge < -0.3 is 24.4 Å². The van der Waals surface area contributed by atoms with Crippen molar-refractivity contribution in [1.29, 1.82) is 0 Å². The molecule has 7 heteroatoms. The summed E-state index contributed by atoms with van der Waals surface area (Å²) in [6.45, 7) is 2.52. The Morgan fingerprint density at radius 2 is 1.50 bits per heavy atom. The van der Waals surface area contributed by atoms with E-state index in [1.807, 2.05) is 72.8 Å². The first-order chi connectivity index (χ1) is 17.5. The molecule has 190 valence electrons. The smallest absolute Gasteiger partial charge is 0.247 e. The maximum absolute atomic E-state index is 13.5. The van der Waals surface area contributed by atoms with Crippen LogP contribution in [-0.4, -0.2) is 44.6 Å².